The Bertz CT molecular complexity index is 668. The summed E-state index contributed by atoms with van der Waals surface area (Å²) < 4.78 is 5.73. The summed E-state index contributed by atoms with van der Waals surface area (Å²) in [6.07, 6.45) is 0. The van der Waals surface area contributed by atoms with Crippen LogP contribution in [0.5, 0.6) is 5.75 Å². The molecule has 0 saturated heterocycles. The fraction of sp³-hybridized carbons (Fsp3) is 0.350. The van der Waals surface area contributed by atoms with E-state index in [9.17, 15) is 4.79 Å². The molecule has 24 heavy (non-hydrogen) atoms. The lowest BCUT2D eigenvalue weighted by Crippen LogP contribution is -2.37. The van der Waals surface area contributed by atoms with Gasteiger partial charge in [0.1, 0.15) is 12.4 Å². The zero-order valence-corrected chi connectivity index (χ0v) is 15.5. The number of carbonyl (C=O) groups is 1. The van der Waals surface area contributed by atoms with Crippen molar-refractivity contribution in [1.29, 1.82) is 0 Å². The first-order valence-electron chi connectivity index (χ1n) is 8.21. The molecule has 0 aliphatic carbocycles. The van der Waals surface area contributed by atoms with Crippen molar-refractivity contribution in [2.45, 2.75) is 43.9 Å². The Kier molecular flexibility index (Phi) is 6.73. The van der Waals surface area contributed by atoms with Crippen LogP contribution in [0.25, 0.3) is 0 Å². The van der Waals surface area contributed by atoms with Crippen LogP contribution >= 0.6 is 11.8 Å². The van der Waals surface area contributed by atoms with E-state index < -0.39 is 0 Å². The van der Waals surface area contributed by atoms with Gasteiger partial charge < -0.3 is 10.1 Å². The maximum atomic E-state index is 12.5. The summed E-state index contributed by atoms with van der Waals surface area (Å²) in [7, 11) is 0. The number of rotatable bonds is 7. The summed E-state index contributed by atoms with van der Waals surface area (Å²) >= 11 is 1.70. The van der Waals surface area contributed by atoms with Crippen LogP contribution in [0.2, 0.25) is 0 Å². The summed E-state index contributed by atoms with van der Waals surface area (Å²) in [5, 5.41) is 3.45. The van der Waals surface area contributed by atoms with E-state index in [0.29, 0.717) is 11.9 Å². The molecule has 2 rings (SSSR count). The van der Waals surface area contributed by atoms with E-state index in [4.69, 9.17) is 4.74 Å². The third kappa shape index (κ3) is 5.60. The second-order valence-electron chi connectivity index (χ2n) is 6.16. The number of amides is 1. The fourth-order valence-corrected chi connectivity index (χ4v) is 3.16. The Morgan fingerprint density at radius 3 is 2.42 bits per heavy atom. The van der Waals surface area contributed by atoms with Gasteiger partial charge in [0.25, 0.3) is 5.91 Å². The van der Waals surface area contributed by atoms with E-state index in [1.807, 2.05) is 62.4 Å². The van der Waals surface area contributed by atoms with Crippen molar-refractivity contribution in [2.24, 2.45) is 0 Å². The molecule has 0 bridgehead atoms. The first-order chi connectivity index (χ1) is 11.5. The molecule has 0 saturated carbocycles. The topological polar surface area (TPSA) is 38.3 Å². The third-order valence-electron chi connectivity index (χ3n) is 3.39. The summed E-state index contributed by atoms with van der Waals surface area (Å²) in [6, 6.07) is 15.6. The van der Waals surface area contributed by atoms with Gasteiger partial charge in [-0.2, -0.15) is 0 Å². The number of carbonyl (C=O) groups excluding carboxylic acids is 1. The van der Waals surface area contributed by atoms with Crippen molar-refractivity contribution in [1.82, 2.24) is 5.32 Å². The van der Waals surface area contributed by atoms with Crippen molar-refractivity contribution in [3.63, 3.8) is 0 Å². The van der Waals surface area contributed by atoms with E-state index in [0.717, 1.165) is 16.2 Å². The predicted octanol–water partition coefficient (Wildman–Crippen LogP) is 4.69. The third-order valence-corrected chi connectivity index (χ3v) is 4.47. The van der Waals surface area contributed by atoms with Crippen LogP contribution in [-0.4, -0.2) is 23.8 Å². The van der Waals surface area contributed by atoms with Crippen molar-refractivity contribution in [3.05, 3.63) is 59.7 Å². The van der Waals surface area contributed by atoms with Crippen molar-refractivity contribution >= 4 is 17.7 Å². The lowest BCUT2D eigenvalue weighted by molar-refractivity contribution is 0.0923. The number of aryl methyl sites for hydroxylation is 1. The average molecular weight is 343 g/mol. The normalized spacial score (nSPS) is 12.0. The number of benzene rings is 2. The first-order valence-corrected chi connectivity index (χ1v) is 9.09. The van der Waals surface area contributed by atoms with Crippen molar-refractivity contribution < 1.29 is 9.53 Å². The summed E-state index contributed by atoms with van der Waals surface area (Å²) in [5.74, 6) is 0.760. The van der Waals surface area contributed by atoms with Crippen LogP contribution in [0.3, 0.4) is 0 Å². The van der Waals surface area contributed by atoms with Crippen LogP contribution in [-0.2, 0) is 0 Å². The minimum atomic E-state index is -0.0732. The van der Waals surface area contributed by atoms with Crippen LogP contribution < -0.4 is 10.1 Å². The average Bonchev–Trinajstić information content (AvgIpc) is 2.54. The molecule has 2 aromatic rings. The maximum absolute atomic E-state index is 12.5. The van der Waals surface area contributed by atoms with Gasteiger partial charge in [-0.3, -0.25) is 4.79 Å². The molecule has 2 aromatic carbocycles. The summed E-state index contributed by atoms with van der Waals surface area (Å²) in [6.45, 7) is 8.67. The molecular weight excluding hydrogens is 318 g/mol. The number of hydrogen-bond donors (Lipinski definition) is 1. The highest BCUT2D eigenvalue weighted by Crippen LogP contribution is 2.26. The summed E-state index contributed by atoms with van der Waals surface area (Å²) in [5.41, 5.74) is 1.92. The Labute approximate surface area is 148 Å². The highest BCUT2D eigenvalue weighted by molar-refractivity contribution is 8.00. The van der Waals surface area contributed by atoms with Gasteiger partial charge in [-0.1, -0.05) is 43.7 Å². The SMILES string of the molecule is Cc1ccc(OCC(C)NC(=O)c2ccccc2SC(C)C)cc1. The molecule has 1 N–H and O–H groups in total. The van der Waals surface area contributed by atoms with E-state index in [2.05, 4.69) is 19.2 Å². The lowest BCUT2D eigenvalue weighted by Gasteiger charge is -2.17. The largest absolute Gasteiger partial charge is 0.491 e. The smallest absolute Gasteiger partial charge is 0.252 e. The van der Waals surface area contributed by atoms with E-state index >= 15 is 0 Å². The molecule has 1 amide bonds. The van der Waals surface area contributed by atoms with Gasteiger partial charge in [-0.05, 0) is 38.1 Å². The van der Waals surface area contributed by atoms with Gasteiger partial charge in [0.05, 0.1) is 11.6 Å². The van der Waals surface area contributed by atoms with Gasteiger partial charge >= 0.3 is 0 Å². The fourth-order valence-electron chi connectivity index (χ4n) is 2.21. The highest BCUT2D eigenvalue weighted by atomic mass is 32.2. The molecule has 4 heteroatoms. The second kappa shape index (κ2) is 8.78. The molecule has 0 fully saturated rings. The molecule has 3 nitrogen and oxygen atoms in total. The van der Waals surface area contributed by atoms with Crippen molar-refractivity contribution in [3.8, 4) is 5.75 Å². The molecule has 0 radical (unpaired) electrons. The minimum absolute atomic E-state index is 0.0567. The Hall–Kier alpha value is -1.94. The molecule has 0 aromatic heterocycles. The highest BCUT2D eigenvalue weighted by Gasteiger charge is 2.15. The number of ether oxygens (including phenoxy) is 1. The van der Waals surface area contributed by atoms with Crippen LogP contribution in [0.1, 0.15) is 36.7 Å². The quantitative estimate of drug-likeness (QED) is 0.741. The lowest BCUT2D eigenvalue weighted by atomic mass is 10.2. The van der Waals surface area contributed by atoms with Gasteiger partial charge in [0.15, 0.2) is 0 Å². The maximum Gasteiger partial charge on any atom is 0.252 e. The number of thioether (sulfide) groups is 1. The molecule has 0 spiro atoms. The zero-order chi connectivity index (χ0) is 17.5. The van der Waals surface area contributed by atoms with Crippen LogP contribution in [0.4, 0.5) is 0 Å². The molecule has 1 atom stereocenters. The zero-order valence-electron chi connectivity index (χ0n) is 14.7. The monoisotopic (exact) mass is 343 g/mol. The Morgan fingerprint density at radius 1 is 1.08 bits per heavy atom. The van der Waals surface area contributed by atoms with E-state index in [-0.39, 0.29) is 11.9 Å². The van der Waals surface area contributed by atoms with Gasteiger partial charge in [0.2, 0.25) is 0 Å². The Morgan fingerprint density at radius 2 is 1.75 bits per heavy atom. The second-order valence-corrected chi connectivity index (χ2v) is 7.78. The predicted molar refractivity (Wildman–Crippen MR) is 101 cm³/mol. The van der Waals surface area contributed by atoms with Gasteiger partial charge in [-0.15, -0.1) is 11.8 Å². The van der Waals surface area contributed by atoms with Crippen molar-refractivity contribution in [2.75, 3.05) is 6.61 Å². The number of nitrogens with one attached hydrogen (secondary N) is 1. The van der Waals surface area contributed by atoms with E-state index in [1.165, 1.54) is 5.56 Å². The molecule has 0 aliphatic heterocycles. The molecule has 1 unspecified atom stereocenters. The number of hydrogen-bond acceptors (Lipinski definition) is 3. The molecule has 0 heterocycles. The molecular formula is C20H25NO2S. The van der Waals surface area contributed by atoms with E-state index in [1.54, 1.807) is 11.8 Å². The van der Waals surface area contributed by atoms with Crippen LogP contribution in [0.15, 0.2) is 53.4 Å². The standard InChI is InChI=1S/C20H25NO2S/c1-14(2)24-19-8-6-5-7-18(19)20(22)21-16(4)13-23-17-11-9-15(3)10-12-17/h5-12,14,16H,13H2,1-4H3,(H,21,22). The molecule has 128 valence electrons. The summed E-state index contributed by atoms with van der Waals surface area (Å²) in [4.78, 5) is 13.5. The van der Waals surface area contributed by atoms with Crippen LogP contribution in [0, 0.1) is 6.92 Å². The Balaban J connectivity index is 1.93. The molecule has 0 aliphatic rings. The minimum Gasteiger partial charge on any atom is -0.491 e. The van der Waals surface area contributed by atoms with Gasteiger partial charge in [-0.25, -0.2) is 0 Å². The first kappa shape index (κ1) is 18.4. The van der Waals surface area contributed by atoms with Gasteiger partial charge in [0, 0.05) is 10.1 Å².